The van der Waals surface area contributed by atoms with Crippen LogP contribution in [0.5, 0.6) is 5.88 Å². The van der Waals surface area contributed by atoms with Crippen molar-refractivity contribution in [1.29, 1.82) is 0 Å². The lowest BCUT2D eigenvalue weighted by Gasteiger charge is -2.25. The minimum Gasteiger partial charge on any atom is -0.477 e. The van der Waals surface area contributed by atoms with E-state index in [1.54, 1.807) is 18.1 Å². The van der Waals surface area contributed by atoms with Crippen LogP contribution >= 0.6 is 24.0 Å². The Morgan fingerprint density at radius 1 is 1.41 bits per heavy atom. The van der Waals surface area contributed by atoms with Gasteiger partial charge in [-0.3, -0.25) is 9.79 Å². The van der Waals surface area contributed by atoms with Crippen LogP contribution in [-0.4, -0.2) is 54.5 Å². The summed E-state index contributed by atoms with van der Waals surface area (Å²) in [5.74, 6) is 1.98. The Hall–Kier alpha value is -1.58. The molecule has 0 unspecified atom stereocenters. The molecule has 8 heteroatoms. The molecule has 27 heavy (non-hydrogen) atoms. The molecule has 1 aliphatic carbocycles. The van der Waals surface area contributed by atoms with Crippen LogP contribution < -0.4 is 15.4 Å². The number of nitrogens with zero attached hydrogens (tertiary/aromatic N) is 3. The maximum absolute atomic E-state index is 12.1. The largest absolute Gasteiger partial charge is 0.477 e. The van der Waals surface area contributed by atoms with Gasteiger partial charge in [0.05, 0.1) is 13.2 Å². The summed E-state index contributed by atoms with van der Waals surface area (Å²) in [5, 5.41) is 6.22. The van der Waals surface area contributed by atoms with Crippen LogP contribution in [0.25, 0.3) is 0 Å². The van der Waals surface area contributed by atoms with Gasteiger partial charge >= 0.3 is 0 Å². The molecule has 1 saturated carbocycles. The highest BCUT2D eigenvalue weighted by Gasteiger charge is 2.22. The third-order valence-electron chi connectivity index (χ3n) is 3.88. The zero-order chi connectivity index (χ0) is 19.2. The van der Waals surface area contributed by atoms with Crippen molar-refractivity contribution in [3.63, 3.8) is 0 Å². The van der Waals surface area contributed by atoms with Crippen molar-refractivity contribution >= 4 is 35.8 Å². The molecule has 7 nitrogen and oxygen atoms in total. The number of likely N-dealkylation sites (N-methyl/N-ethyl adjacent to an activating group) is 1. The summed E-state index contributed by atoms with van der Waals surface area (Å²) in [5.41, 5.74) is 0.808. The third-order valence-corrected chi connectivity index (χ3v) is 3.88. The highest BCUT2D eigenvalue weighted by molar-refractivity contribution is 14.0. The summed E-state index contributed by atoms with van der Waals surface area (Å²) in [6.07, 6.45) is 4.27. The van der Waals surface area contributed by atoms with Gasteiger partial charge < -0.3 is 20.3 Å². The molecule has 2 N–H and O–H groups in total. The Balaban J connectivity index is 0.00000364. The Kier molecular flexibility index (Phi) is 9.28. The molecule has 1 heterocycles. The van der Waals surface area contributed by atoms with Crippen LogP contribution in [0, 0.1) is 5.92 Å². The molecule has 0 bridgehead atoms. The van der Waals surface area contributed by atoms with E-state index in [2.05, 4.69) is 20.6 Å². The van der Waals surface area contributed by atoms with E-state index >= 15 is 0 Å². The Bertz CT molecular complexity index is 641. The van der Waals surface area contributed by atoms with E-state index in [0.717, 1.165) is 12.2 Å². The van der Waals surface area contributed by atoms with Crippen LogP contribution in [0.2, 0.25) is 0 Å². The number of pyridine rings is 1. The van der Waals surface area contributed by atoms with Crippen molar-refractivity contribution in [1.82, 2.24) is 20.5 Å². The maximum Gasteiger partial charge on any atom is 0.240 e. The molecule has 1 aromatic heterocycles. The SMILES string of the molecule is CN=C(NCc1ccnc(OCC2CC2)c1)N(C)CC(=O)NC(C)(C)C.I. The van der Waals surface area contributed by atoms with Crippen molar-refractivity contribution in [2.24, 2.45) is 10.9 Å². The van der Waals surface area contributed by atoms with E-state index < -0.39 is 0 Å². The first-order valence-corrected chi connectivity index (χ1v) is 9.07. The van der Waals surface area contributed by atoms with Crippen molar-refractivity contribution in [3.05, 3.63) is 23.9 Å². The maximum atomic E-state index is 12.1. The Labute approximate surface area is 179 Å². The van der Waals surface area contributed by atoms with Gasteiger partial charge in [-0.1, -0.05) is 0 Å². The van der Waals surface area contributed by atoms with E-state index in [1.807, 2.05) is 40.0 Å². The average Bonchev–Trinajstić information content (AvgIpc) is 3.36. The number of hydrogen-bond donors (Lipinski definition) is 2. The number of ether oxygens (including phenoxy) is 1. The zero-order valence-electron chi connectivity index (χ0n) is 16.9. The van der Waals surface area contributed by atoms with E-state index in [4.69, 9.17) is 4.74 Å². The molecule has 0 aromatic carbocycles. The normalized spacial score (nSPS) is 14.2. The molecule has 0 aliphatic heterocycles. The highest BCUT2D eigenvalue weighted by atomic mass is 127. The molecule has 2 rings (SSSR count). The lowest BCUT2D eigenvalue weighted by Crippen LogP contribution is -2.48. The van der Waals surface area contributed by atoms with Crippen LogP contribution in [0.1, 0.15) is 39.2 Å². The number of hydrogen-bond acceptors (Lipinski definition) is 4. The lowest BCUT2D eigenvalue weighted by atomic mass is 10.1. The van der Waals surface area contributed by atoms with E-state index in [9.17, 15) is 4.79 Å². The number of aromatic nitrogens is 1. The molecule has 1 aliphatic rings. The van der Waals surface area contributed by atoms with Gasteiger partial charge in [0.1, 0.15) is 0 Å². The summed E-state index contributed by atoms with van der Waals surface area (Å²) in [6, 6.07) is 3.88. The fourth-order valence-electron chi connectivity index (χ4n) is 2.44. The minimum absolute atomic E-state index is 0. The minimum atomic E-state index is -0.247. The lowest BCUT2D eigenvalue weighted by molar-refractivity contribution is -0.122. The van der Waals surface area contributed by atoms with Gasteiger partial charge in [0.2, 0.25) is 11.8 Å². The van der Waals surface area contributed by atoms with E-state index in [0.29, 0.717) is 24.3 Å². The summed E-state index contributed by atoms with van der Waals surface area (Å²) in [7, 11) is 3.55. The average molecular weight is 489 g/mol. The van der Waals surface area contributed by atoms with E-state index in [1.165, 1.54) is 12.8 Å². The summed E-state index contributed by atoms with van der Waals surface area (Å²) < 4.78 is 5.72. The molecular formula is C19H32IN5O2. The predicted molar refractivity (Wildman–Crippen MR) is 119 cm³/mol. The standard InChI is InChI=1S/C19H31N5O2.HI/c1-19(2,3)23-16(25)12-24(5)18(20-4)22-11-15-8-9-21-17(10-15)26-13-14-6-7-14;/h8-10,14H,6-7,11-13H2,1-5H3,(H,20,22)(H,23,25);1H. The first-order chi connectivity index (χ1) is 12.3. The first-order valence-electron chi connectivity index (χ1n) is 9.07. The van der Waals surface area contributed by atoms with Crippen molar-refractivity contribution in [2.75, 3.05) is 27.2 Å². The molecular weight excluding hydrogens is 457 g/mol. The van der Waals surface area contributed by atoms with Gasteiger partial charge in [0.25, 0.3) is 0 Å². The van der Waals surface area contributed by atoms with Gasteiger partial charge in [0, 0.05) is 38.4 Å². The Morgan fingerprint density at radius 2 is 2.11 bits per heavy atom. The summed E-state index contributed by atoms with van der Waals surface area (Å²) >= 11 is 0. The number of aliphatic imine (C=N–C) groups is 1. The predicted octanol–water partition coefficient (Wildman–Crippen LogP) is 2.41. The van der Waals surface area contributed by atoms with Crippen LogP contribution in [0.15, 0.2) is 23.3 Å². The van der Waals surface area contributed by atoms with E-state index in [-0.39, 0.29) is 42.0 Å². The molecule has 0 radical (unpaired) electrons. The molecule has 0 spiro atoms. The smallest absolute Gasteiger partial charge is 0.240 e. The molecule has 1 aromatic rings. The number of rotatable bonds is 7. The monoisotopic (exact) mass is 489 g/mol. The summed E-state index contributed by atoms with van der Waals surface area (Å²) in [6.45, 7) is 7.46. The fraction of sp³-hybridized carbons (Fsp3) is 0.632. The molecule has 0 atom stereocenters. The second kappa shape index (κ2) is 10.7. The molecule has 0 saturated heterocycles. The zero-order valence-corrected chi connectivity index (χ0v) is 19.2. The topological polar surface area (TPSA) is 78.9 Å². The van der Waals surface area contributed by atoms with Gasteiger partial charge in [-0.25, -0.2) is 4.98 Å². The number of guanidine groups is 1. The quantitative estimate of drug-likeness (QED) is 0.350. The second-order valence-corrected chi connectivity index (χ2v) is 7.81. The number of carbonyl (C=O) groups excluding carboxylic acids is 1. The van der Waals surface area contributed by atoms with Crippen molar-refractivity contribution in [2.45, 2.75) is 45.7 Å². The molecule has 1 fully saturated rings. The number of nitrogens with one attached hydrogen (secondary N) is 2. The Morgan fingerprint density at radius 3 is 2.70 bits per heavy atom. The van der Waals surface area contributed by atoms with Crippen molar-refractivity contribution < 1.29 is 9.53 Å². The number of halogens is 1. The van der Waals surface area contributed by atoms with Crippen LogP contribution in [0.3, 0.4) is 0 Å². The van der Waals surface area contributed by atoms with Gasteiger partial charge in [-0.05, 0) is 51.2 Å². The fourth-order valence-corrected chi connectivity index (χ4v) is 2.44. The van der Waals surface area contributed by atoms with Gasteiger partial charge in [0.15, 0.2) is 5.96 Å². The van der Waals surface area contributed by atoms with Crippen LogP contribution in [-0.2, 0) is 11.3 Å². The van der Waals surface area contributed by atoms with Crippen LogP contribution in [0.4, 0.5) is 0 Å². The second-order valence-electron chi connectivity index (χ2n) is 7.81. The van der Waals surface area contributed by atoms with Gasteiger partial charge in [-0.15, -0.1) is 24.0 Å². The number of amides is 1. The van der Waals surface area contributed by atoms with Gasteiger partial charge in [-0.2, -0.15) is 0 Å². The first kappa shape index (κ1) is 23.5. The summed E-state index contributed by atoms with van der Waals surface area (Å²) in [4.78, 5) is 22.4. The number of carbonyl (C=O) groups is 1. The third kappa shape index (κ3) is 9.25. The van der Waals surface area contributed by atoms with Crippen molar-refractivity contribution in [3.8, 4) is 5.88 Å². The molecule has 1 amide bonds. The highest BCUT2D eigenvalue weighted by Crippen LogP contribution is 2.29. The molecule has 152 valence electrons.